The van der Waals surface area contributed by atoms with E-state index < -0.39 is 6.03 Å². The number of hydrazone groups is 1. The summed E-state index contributed by atoms with van der Waals surface area (Å²) in [6.45, 7) is 4.32. The summed E-state index contributed by atoms with van der Waals surface area (Å²) < 4.78 is 0. The summed E-state index contributed by atoms with van der Waals surface area (Å²) in [6, 6.07) is -0.589. The van der Waals surface area contributed by atoms with Crippen molar-refractivity contribution < 1.29 is 4.79 Å². The average molecular weight is 169 g/mol. The average Bonchev–Trinajstić information content (AvgIpc) is 2.30. The van der Waals surface area contributed by atoms with Crippen molar-refractivity contribution in [1.29, 1.82) is 0 Å². The fourth-order valence-corrected chi connectivity index (χ4v) is 1.47. The fourth-order valence-electron chi connectivity index (χ4n) is 1.47. The topological polar surface area (TPSA) is 67.5 Å². The Hall–Kier alpha value is -1.06. The van der Waals surface area contributed by atoms with E-state index in [1.54, 1.807) is 0 Å². The van der Waals surface area contributed by atoms with Gasteiger partial charge in [0.1, 0.15) is 0 Å². The van der Waals surface area contributed by atoms with Gasteiger partial charge >= 0.3 is 6.03 Å². The lowest BCUT2D eigenvalue weighted by molar-refractivity contribution is 0.249. The number of hydrogen-bond acceptors (Lipinski definition) is 2. The highest BCUT2D eigenvalue weighted by Crippen LogP contribution is 2.28. The number of carbonyl (C=O) groups is 1. The molecule has 0 aromatic heterocycles. The number of nitrogens with one attached hydrogen (secondary N) is 1. The van der Waals surface area contributed by atoms with Crippen molar-refractivity contribution >= 4 is 11.7 Å². The molecular formula is C8H15N3O. The van der Waals surface area contributed by atoms with Crippen LogP contribution in [-0.4, -0.2) is 11.7 Å². The summed E-state index contributed by atoms with van der Waals surface area (Å²) >= 11 is 0. The maximum Gasteiger partial charge on any atom is 0.332 e. The predicted octanol–water partition coefficient (Wildman–Crippen LogP) is 1.08. The van der Waals surface area contributed by atoms with Gasteiger partial charge in [-0.05, 0) is 24.7 Å². The normalized spacial score (nSPS) is 32.3. The summed E-state index contributed by atoms with van der Waals surface area (Å²) in [4.78, 5) is 10.3. The maximum absolute atomic E-state index is 10.3. The standard InChI is InChI=1S/C8H15N3O/c1-5-3-4-7(6(5)2)10-11-8(9)12/h5-6H,3-4H2,1-2H3,(H3,9,11,12)/b10-7+. The third-order valence-electron chi connectivity index (χ3n) is 2.54. The monoisotopic (exact) mass is 169 g/mol. The molecule has 1 aliphatic rings. The van der Waals surface area contributed by atoms with Gasteiger partial charge in [-0.15, -0.1) is 0 Å². The minimum Gasteiger partial charge on any atom is -0.350 e. The van der Waals surface area contributed by atoms with Crippen molar-refractivity contribution in [2.24, 2.45) is 22.7 Å². The van der Waals surface area contributed by atoms with Crippen molar-refractivity contribution in [3.05, 3.63) is 0 Å². The SMILES string of the molecule is CC1CC/C(=N\NC(N)=O)C1C. The van der Waals surface area contributed by atoms with Gasteiger partial charge in [0.25, 0.3) is 0 Å². The van der Waals surface area contributed by atoms with E-state index in [9.17, 15) is 4.79 Å². The first kappa shape index (κ1) is 9.03. The van der Waals surface area contributed by atoms with E-state index in [1.165, 1.54) is 0 Å². The second kappa shape index (κ2) is 3.56. The molecule has 1 aliphatic carbocycles. The van der Waals surface area contributed by atoms with E-state index in [4.69, 9.17) is 5.73 Å². The van der Waals surface area contributed by atoms with Crippen LogP contribution in [0, 0.1) is 11.8 Å². The van der Waals surface area contributed by atoms with E-state index in [-0.39, 0.29) is 0 Å². The number of nitrogens with two attached hydrogens (primary N) is 1. The smallest absolute Gasteiger partial charge is 0.332 e. The molecule has 0 bridgehead atoms. The molecular weight excluding hydrogens is 154 g/mol. The number of primary amides is 1. The number of amides is 2. The Morgan fingerprint density at radius 3 is 2.75 bits per heavy atom. The molecule has 2 atom stereocenters. The Kier molecular flexibility index (Phi) is 2.68. The van der Waals surface area contributed by atoms with Crippen LogP contribution < -0.4 is 11.2 Å². The summed E-state index contributed by atoms with van der Waals surface area (Å²) in [5.74, 6) is 1.13. The molecule has 0 spiro atoms. The fraction of sp³-hybridized carbons (Fsp3) is 0.750. The molecule has 0 saturated heterocycles. The summed E-state index contributed by atoms with van der Waals surface area (Å²) in [5.41, 5.74) is 8.22. The number of urea groups is 1. The molecule has 0 aromatic rings. The van der Waals surface area contributed by atoms with Gasteiger partial charge in [0.05, 0.1) is 0 Å². The quantitative estimate of drug-likeness (QED) is 0.566. The zero-order valence-corrected chi connectivity index (χ0v) is 7.50. The second-order valence-electron chi connectivity index (χ2n) is 3.38. The molecule has 68 valence electrons. The summed E-state index contributed by atoms with van der Waals surface area (Å²) in [7, 11) is 0. The van der Waals surface area contributed by atoms with E-state index >= 15 is 0 Å². The molecule has 2 unspecified atom stereocenters. The maximum atomic E-state index is 10.3. The third-order valence-corrected chi connectivity index (χ3v) is 2.54. The highest BCUT2D eigenvalue weighted by atomic mass is 16.2. The molecule has 3 N–H and O–H groups in total. The first-order valence-electron chi connectivity index (χ1n) is 4.23. The number of hydrogen-bond donors (Lipinski definition) is 2. The van der Waals surface area contributed by atoms with Crippen LogP contribution >= 0.6 is 0 Å². The molecule has 2 amide bonds. The van der Waals surface area contributed by atoms with Crippen LogP contribution in [0.1, 0.15) is 26.7 Å². The molecule has 1 fully saturated rings. The Morgan fingerprint density at radius 1 is 1.67 bits per heavy atom. The molecule has 0 aliphatic heterocycles. The van der Waals surface area contributed by atoms with Gasteiger partial charge in [-0.25, -0.2) is 10.2 Å². The van der Waals surface area contributed by atoms with Crippen molar-refractivity contribution in [3.8, 4) is 0 Å². The third kappa shape index (κ3) is 1.96. The molecule has 4 nitrogen and oxygen atoms in total. The highest BCUT2D eigenvalue weighted by molar-refractivity contribution is 5.89. The second-order valence-corrected chi connectivity index (χ2v) is 3.38. The lowest BCUT2D eigenvalue weighted by atomic mass is 10.00. The summed E-state index contributed by atoms with van der Waals surface area (Å²) in [6.07, 6.45) is 2.13. The van der Waals surface area contributed by atoms with Crippen LogP contribution in [0.4, 0.5) is 4.79 Å². The number of rotatable bonds is 1. The molecule has 12 heavy (non-hydrogen) atoms. The van der Waals surface area contributed by atoms with Crippen LogP contribution in [-0.2, 0) is 0 Å². The van der Waals surface area contributed by atoms with Crippen LogP contribution in [0.25, 0.3) is 0 Å². The van der Waals surface area contributed by atoms with Gasteiger partial charge in [0.15, 0.2) is 0 Å². The van der Waals surface area contributed by atoms with Gasteiger partial charge in [0.2, 0.25) is 0 Å². The van der Waals surface area contributed by atoms with Crippen molar-refractivity contribution in [2.45, 2.75) is 26.7 Å². The van der Waals surface area contributed by atoms with Gasteiger partial charge in [-0.3, -0.25) is 0 Å². The van der Waals surface area contributed by atoms with Gasteiger partial charge < -0.3 is 5.73 Å². The Balaban J connectivity index is 2.52. The van der Waals surface area contributed by atoms with Gasteiger partial charge in [0, 0.05) is 5.71 Å². The van der Waals surface area contributed by atoms with E-state index in [0.717, 1.165) is 18.6 Å². The molecule has 1 saturated carbocycles. The van der Waals surface area contributed by atoms with Crippen LogP contribution in [0.5, 0.6) is 0 Å². The predicted molar refractivity (Wildman–Crippen MR) is 47.7 cm³/mol. The van der Waals surface area contributed by atoms with Crippen molar-refractivity contribution in [2.75, 3.05) is 0 Å². The molecule has 1 rings (SSSR count). The van der Waals surface area contributed by atoms with Crippen molar-refractivity contribution in [1.82, 2.24) is 5.43 Å². The first-order chi connectivity index (χ1) is 5.61. The van der Waals surface area contributed by atoms with Gasteiger partial charge in [-0.2, -0.15) is 5.10 Å². The Bertz CT molecular complexity index is 212. The van der Waals surface area contributed by atoms with Gasteiger partial charge in [-0.1, -0.05) is 13.8 Å². The zero-order valence-electron chi connectivity index (χ0n) is 7.50. The number of nitrogens with zero attached hydrogens (tertiary/aromatic N) is 1. The Labute approximate surface area is 72.2 Å². The zero-order chi connectivity index (χ0) is 9.14. The van der Waals surface area contributed by atoms with Crippen molar-refractivity contribution in [3.63, 3.8) is 0 Å². The molecule has 0 heterocycles. The van der Waals surface area contributed by atoms with Crippen LogP contribution in [0.2, 0.25) is 0 Å². The first-order valence-corrected chi connectivity index (χ1v) is 4.23. The number of carbonyl (C=O) groups excluding carboxylic acids is 1. The Morgan fingerprint density at radius 2 is 2.33 bits per heavy atom. The summed E-state index contributed by atoms with van der Waals surface area (Å²) in [5, 5.41) is 3.95. The van der Waals surface area contributed by atoms with E-state index in [2.05, 4.69) is 24.4 Å². The lowest BCUT2D eigenvalue weighted by Gasteiger charge is -2.08. The van der Waals surface area contributed by atoms with E-state index in [0.29, 0.717) is 11.8 Å². The largest absolute Gasteiger partial charge is 0.350 e. The van der Waals surface area contributed by atoms with E-state index in [1.807, 2.05) is 0 Å². The minimum absolute atomic E-state index is 0.469. The molecule has 0 aromatic carbocycles. The highest BCUT2D eigenvalue weighted by Gasteiger charge is 2.25. The minimum atomic E-state index is -0.589. The molecule has 0 radical (unpaired) electrons. The molecule has 4 heteroatoms. The van der Waals surface area contributed by atoms with Crippen LogP contribution in [0.3, 0.4) is 0 Å². The lowest BCUT2D eigenvalue weighted by Crippen LogP contribution is -2.26. The van der Waals surface area contributed by atoms with Crippen LogP contribution in [0.15, 0.2) is 5.10 Å².